The van der Waals surface area contributed by atoms with Crippen LogP contribution in [0, 0.1) is 0 Å². The van der Waals surface area contributed by atoms with Gasteiger partial charge in [-0.1, -0.05) is 0 Å². The van der Waals surface area contributed by atoms with Crippen LogP contribution in [0.25, 0.3) is 0 Å². The Balaban J connectivity index is 1.88. The first-order chi connectivity index (χ1) is 7.25. The summed E-state index contributed by atoms with van der Waals surface area (Å²) in [5.41, 5.74) is 0. The highest BCUT2D eigenvalue weighted by Crippen LogP contribution is 2.20. The topological polar surface area (TPSA) is 45.8 Å². The minimum Gasteiger partial charge on any atom is -0.447 e. The number of ether oxygens (including phenoxy) is 1. The Hall–Kier alpha value is -0.550. The van der Waals surface area contributed by atoms with Crippen LogP contribution in [0.2, 0.25) is 5.22 Å². The summed E-state index contributed by atoms with van der Waals surface area (Å²) >= 11 is 5.64. The van der Waals surface area contributed by atoms with Gasteiger partial charge in [-0.2, -0.15) is 0 Å². The van der Waals surface area contributed by atoms with Gasteiger partial charge in [-0.25, -0.2) is 0 Å². The van der Waals surface area contributed by atoms with Crippen molar-refractivity contribution in [3.05, 3.63) is 23.1 Å². The van der Waals surface area contributed by atoms with Crippen LogP contribution in [0.1, 0.15) is 11.9 Å². The summed E-state index contributed by atoms with van der Waals surface area (Å²) in [5.74, 6) is 0.520. The van der Waals surface area contributed by atoms with Crippen LogP contribution in [-0.4, -0.2) is 42.9 Å². The van der Waals surface area contributed by atoms with Crippen molar-refractivity contribution < 1.29 is 14.3 Å². The van der Waals surface area contributed by atoms with Crippen molar-refractivity contribution in [2.75, 3.05) is 32.8 Å². The first-order valence-electron chi connectivity index (χ1n) is 4.99. The SMILES string of the molecule is OC(CN1CCOCC1)c1ccc(Cl)o1. The van der Waals surface area contributed by atoms with E-state index in [9.17, 15) is 5.11 Å². The first-order valence-corrected chi connectivity index (χ1v) is 5.37. The molecular weight excluding hydrogens is 218 g/mol. The average molecular weight is 232 g/mol. The van der Waals surface area contributed by atoms with Crippen LogP contribution in [0.4, 0.5) is 0 Å². The first kappa shape index (κ1) is 11.0. The fourth-order valence-corrected chi connectivity index (χ4v) is 1.78. The molecule has 15 heavy (non-hydrogen) atoms. The number of hydrogen-bond donors (Lipinski definition) is 1. The second-order valence-corrected chi connectivity index (χ2v) is 3.94. The molecule has 1 atom stereocenters. The molecule has 0 aromatic carbocycles. The number of nitrogens with zero attached hydrogens (tertiary/aromatic N) is 1. The highest BCUT2D eigenvalue weighted by molar-refractivity contribution is 6.28. The van der Waals surface area contributed by atoms with E-state index >= 15 is 0 Å². The number of aliphatic hydroxyl groups excluding tert-OH is 1. The van der Waals surface area contributed by atoms with E-state index in [0.29, 0.717) is 17.5 Å². The molecule has 84 valence electrons. The van der Waals surface area contributed by atoms with Crippen molar-refractivity contribution in [3.63, 3.8) is 0 Å². The van der Waals surface area contributed by atoms with Crippen LogP contribution >= 0.6 is 11.6 Å². The van der Waals surface area contributed by atoms with Crippen molar-refractivity contribution in [3.8, 4) is 0 Å². The standard InChI is InChI=1S/C10H14ClNO3/c11-10-2-1-9(15-10)8(13)7-12-3-5-14-6-4-12/h1-2,8,13H,3-7H2. The molecule has 0 bridgehead atoms. The molecule has 0 spiro atoms. The fraction of sp³-hybridized carbons (Fsp3) is 0.600. The van der Waals surface area contributed by atoms with Crippen LogP contribution in [0.15, 0.2) is 16.5 Å². The van der Waals surface area contributed by atoms with Gasteiger partial charge in [0, 0.05) is 19.6 Å². The number of halogens is 1. The van der Waals surface area contributed by atoms with Crippen LogP contribution < -0.4 is 0 Å². The molecule has 1 aromatic heterocycles. The van der Waals surface area contributed by atoms with Crippen LogP contribution in [0.3, 0.4) is 0 Å². The molecule has 1 fully saturated rings. The highest BCUT2D eigenvalue weighted by Gasteiger charge is 2.18. The minimum absolute atomic E-state index is 0.311. The maximum Gasteiger partial charge on any atom is 0.193 e. The second kappa shape index (κ2) is 4.99. The van der Waals surface area contributed by atoms with Gasteiger partial charge in [0.1, 0.15) is 11.9 Å². The van der Waals surface area contributed by atoms with Gasteiger partial charge < -0.3 is 14.3 Å². The number of hydrogen-bond acceptors (Lipinski definition) is 4. The molecule has 1 aliphatic rings. The molecule has 1 aromatic rings. The maximum atomic E-state index is 9.85. The van der Waals surface area contributed by atoms with Gasteiger partial charge in [-0.05, 0) is 23.7 Å². The van der Waals surface area contributed by atoms with E-state index in [-0.39, 0.29) is 0 Å². The molecule has 1 aliphatic heterocycles. The predicted molar refractivity (Wildman–Crippen MR) is 55.9 cm³/mol. The summed E-state index contributed by atoms with van der Waals surface area (Å²) in [5, 5.41) is 10.2. The van der Waals surface area contributed by atoms with E-state index in [0.717, 1.165) is 26.3 Å². The molecule has 5 heteroatoms. The number of aliphatic hydroxyl groups is 1. The molecule has 0 amide bonds. The molecule has 1 unspecified atom stereocenters. The van der Waals surface area contributed by atoms with Gasteiger partial charge in [0.05, 0.1) is 13.2 Å². The van der Waals surface area contributed by atoms with E-state index in [1.165, 1.54) is 0 Å². The van der Waals surface area contributed by atoms with E-state index < -0.39 is 6.10 Å². The summed E-state index contributed by atoms with van der Waals surface area (Å²) < 4.78 is 10.4. The number of rotatable bonds is 3. The zero-order chi connectivity index (χ0) is 10.7. The summed E-state index contributed by atoms with van der Waals surface area (Å²) in [7, 11) is 0. The molecule has 0 aliphatic carbocycles. The summed E-state index contributed by atoms with van der Waals surface area (Å²) in [6.07, 6.45) is -0.615. The fourth-order valence-electron chi connectivity index (χ4n) is 1.63. The lowest BCUT2D eigenvalue weighted by atomic mass is 10.2. The number of β-amino-alcohol motifs (C(OH)–C–C–N with tert-alkyl or cyclic N) is 1. The van der Waals surface area contributed by atoms with E-state index in [4.69, 9.17) is 20.8 Å². The van der Waals surface area contributed by atoms with Gasteiger partial charge in [0.15, 0.2) is 5.22 Å². The predicted octanol–water partition coefficient (Wildman–Crippen LogP) is 1.30. The van der Waals surface area contributed by atoms with E-state index in [1.54, 1.807) is 12.1 Å². The molecule has 1 saturated heterocycles. The Kier molecular flexibility index (Phi) is 3.64. The summed E-state index contributed by atoms with van der Waals surface area (Å²) in [6.45, 7) is 3.72. The largest absolute Gasteiger partial charge is 0.447 e. The molecule has 2 heterocycles. The van der Waals surface area contributed by atoms with Gasteiger partial charge in [0.2, 0.25) is 0 Å². The number of morpholine rings is 1. The highest BCUT2D eigenvalue weighted by atomic mass is 35.5. The number of furan rings is 1. The second-order valence-electron chi connectivity index (χ2n) is 3.57. The van der Waals surface area contributed by atoms with Crippen molar-refractivity contribution >= 4 is 11.6 Å². The van der Waals surface area contributed by atoms with E-state index in [2.05, 4.69) is 4.90 Å². The van der Waals surface area contributed by atoms with Crippen molar-refractivity contribution in [1.29, 1.82) is 0 Å². The molecule has 1 N–H and O–H groups in total. The average Bonchev–Trinajstić information content (AvgIpc) is 2.66. The quantitative estimate of drug-likeness (QED) is 0.852. The van der Waals surface area contributed by atoms with E-state index in [1.807, 2.05) is 0 Å². The molecular formula is C10H14ClNO3. The van der Waals surface area contributed by atoms with Gasteiger partial charge in [-0.3, -0.25) is 4.90 Å². The van der Waals surface area contributed by atoms with Crippen molar-refractivity contribution in [2.24, 2.45) is 0 Å². The Morgan fingerprint density at radius 1 is 1.40 bits per heavy atom. The van der Waals surface area contributed by atoms with Gasteiger partial charge in [-0.15, -0.1) is 0 Å². The third-order valence-electron chi connectivity index (χ3n) is 2.46. The zero-order valence-corrected chi connectivity index (χ0v) is 9.11. The zero-order valence-electron chi connectivity index (χ0n) is 8.36. The van der Waals surface area contributed by atoms with Gasteiger partial charge >= 0.3 is 0 Å². The molecule has 4 nitrogen and oxygen atoms in total. The van der Waals surface area contributed by atoms with Crippen LogP contribution in [0.5, 0.6) is 0 Å². The molecule has 0 saturated carbocycles. The third-order valence-corrected chi connectivity index (χ3v) is 2.66. The van der Waals surface area contributed by atoms with Crippen LogP contribution in [-0.2, 0) is 4.74 Å². The Morgan fingerprint density at radius 2 is 2.13 bits per heavy atom. The monoisotopic (exact) mass is 231 g/mol. The maximum absolute atomic E-state index is 9.85. The third kappa shape index (κ3) is 2.95. The molecule has 2 rings (SSSR count). The Labute approximate surface area is 93.4 Å². The normalized spacial score (nSPS) is 20.4. The Morgan fingerprint density at radius 3 is 2.73 bits per heavy atom. The van der Waals surface area contributed by atoms with Gasteiger partial charge in [0.25, 0.3) is 0 Å². The van der Waals surface area contributed by atoms with Crippen molar-refractivity contribution in [2.45, 2.75) is 6.10 Å². The van der Waals surface area contributed by atoms with Crippen molar-refractivity contribution in [1.82, 2.24) is 4.90 Å². The minimum atomic E-state index is -0.615. The Bertz CT molecular complexity index is 309. The lowest BCUT2D eigenvalue weighted by molar-refractivity contribution is 0.0101. The lowest BCUT2D eigenvalue weighted by Crippen LogP contribution is -2.38. The summed E-state index contributed by atoms with van der Waals surface area (Å²) in [4.78, 5) is 2.14. The lowest BCUT2D eigenvalue weighted by Gasteiger charge is -2.27. The molecule has 0 radical (unpaired) electrons. The summed E-state index contributed by atoms with van der Waals surface area (Å²) in [6, 6.07) is 3.34. The smallest absolute Gasteiger partial charge is 0.193 e.